The molecule has 0 bridgehead atoms. The summed E-state index contributed by atoms with van der Waals surface area (Å²) in [6.45, 7) is 0.892. The molecule has 1 aliphatic heterocycles. The molecule has 0 spiro atoms. The van der Waals surface area contributed by atoms with Gasteiger partial charge in [-0.15, -0.1) is 0 Å². The number of amides is 3. The Kier molecular flexibility index (Phi) is 6.29. The zero-order valence-electron chi connectivity index (χ0n) is 17.4. The monoisotopic (exact) mass is 439 g/mol. The molecule has 32 heavy (non-hydrogen) atoms. The van der Waals surface area contributed by atoms with Crippen LogP contribution in [-0.2, 0) is 17.9 Å². The first kappa shape index (κ1) is 21.3. The smallest absolute Gasteiger partial charge is 0.319 e. The van der Waals surface area contributed by atoms with Gasteiger partial charge in [0.2, 0.25) is 11.8 Å². The second kappa shape index (κ2) is 9.46. The zero-order chi connectivity index (χ0) is 22.5. The summed E-state index contributed by atoms with van der Waals surface area (Å²) in [4.78, 5) is 30.4. The van der Waals surface area contributed by atoms with E-state index >= 15 is 0 Å². The average molecular weight is 439 g/mol. The Hall–Kier alpha value is -3.95. The van der Waals surface area contributed by atoms with Gasteiger partial charge in [0, 0.05) is 31.1 Å². The third kappa shape index (κ3) is 5.20. The number of urea groups is 1. The number of hydrogen-bond acceptors (Lipinski definition) is 6. The molecule has 0 unspecified atom stereocenters. The third-order valence-corrected chi connectivity index (χ3v) is 5.10. The Morgan fingerprint density at radius 1 is 1.22 bits per heavy atom. The second-order valence-electron chi connectivity index (χ2n) is 7.38. The highest BCUT2D eigenvalue weighted by Gasteiger charge is 2.33. The molecule has 2 N–H and O–H groups in total. The summed E-state index contributed by atoms with van der Waals surface area (Å²) in [5.41, 5.74) is 1.46. The Morgan fingerprint density at radius 3 is 2.69 bits per heavy atom. The molecular weight excluding hydrogens is 417 g/mol. The van der Waals surface area contributed by atoms with Gasteiger partial charge in [0.25, 0.3) is 0 Å². The van der Waals surface area contributed by atoms with Crippen LogP contribution in [0.3, 0.4) is 0 Å². The van der Waals surface area contributed by atoms with Crippen molar-refractivity contribution in [2.75, 3.05) is 19.0 Å². The second-order valence-corrected chi connectivity index (χ2v) is 7.38. The van der Waals surface area contributed by atoms with Crippen molar-refractivity contribution in [1.82, 2.24) is 20.4 Å². The number of hydrogen-bond donors (Lipinski definition) is 2. The number of benzene rings is 2. The number of carbonyl (C=O) groups excluding carboxylic acids is 2. The first-order valence-electron chi connectivity index (χ1n) is 10.0. The van der Waals surface area contributed by atoms with Crippen molar-refractivity contribution < 1.29 is 23.2 Å². The van der Waals surface area contributed by atoms with Crippen LogP contribution in [0.4, 0.5) is 14.9 Å². The Morgan fingerprint density at radius 2 is 1.97 bits per heavy atom. The van der Waals surface area contributed by atoms with Crippen LogP contribution in [0.15, 0.2) is 53.1 Å². The number of halogens is 1. The van der Waals surface area contributed by atoms with E-state index < -0.39 is 6.03 Å². The molecule has 1 aliphatic rings. The molecule has 2 heterocycles. The van der Waals surface area contributed by atoms with Gasteiger partial charge in [-0.1, -0.05) is 17.3 Å². The van der Waals surface area contributed by atoms with Crippen LogP contribution in [0.25, 0.3) is 0 Å². The summed E-state index contributed by atoms with van der Waals surface area (Å²) in [6, 6.07) is 12.6. The summed E-state index contributed by atoms with van der Waals surface area (Å²) < 4.78 is 23.4. The Labute approximate surface area is 183 Å². The van der Waals surface area contributed by atoms with Crippen molar-refractivity contribution in [2.24, 2.45) is 0 Å². The largest absolute Gasteiger partial charge is 0.497 e. The van der Waals surface area contributed by atoms with Crippen molar-refractivity contribution in [1.29, 1.82) is 0 Å². The quantitative estimate of drug-likeness (QED) is 0.586. The van der Waals surface area contributed by atoms with E-state index in [2.05, 4.69) is 20.8 Å². The van der Waals surface area contributed by atoms with Crippen LogP contribution in [0.5, 0.6) is 5.75 Å². The van der Waals surface area contributed by atoms with E-state index in [4.69, 9.17) is 9.26 Å². The molecule has 0 aliphatic carbocycles. The van der Waals surface area contributed by atoms with E-state index in [1.807, 2.05) is 0 Å². The number of nitrogens with one attached hydrogen (secondary N) is 2. The summed E-state index contributed by atoms with van der Waals surface area (Å²) in [6.07, 6.45) is 0.269. The first-order chi connectivity index (χ1) is 15.5. The lowest BCUT2D eigenvalue weighted by Gasteiger charge is -2.16. The van der Waals surface area contributed by atoms with Crippen LogP contribution in [-0.4, -0.2) is 40.6 Å². The standard InChI is InChI=1S/C22H22FN5O4/c1-31-18-8-6-17(7-9-18)25-22(30)24-11-19-26-21(27-32-19)15-10-20(29)28(13-15)12-14-2-4-16(23)5-3-14/h2-9,15H,10-13H2,1H3,(H2,24,25,30)/t15-/m1/s1. The van der Waals surface area contributed by atoms with Crippen LogP contribution < -0.4 is 15.4 Å². The Bertz CT molecular complexity index is 1080. The predicted octanol–water partition coefficient (Wildman–Crippen LogP) is 3.06. The van der Waals surface area contributed by atoms with Crippen LogP contribution in [0, 0.1) is 5.82 Å². The highest BCUT2D eigenvalue weighted by molar-refractivity contribution is 5.89. The molecule has 1 fully saturated rings. The van der Waals surface area contributed by atoms with Gasteiger partial charge in [0.15, 0.2) is 5.82 Å². The molecule has 9 nitrogen and oxygen atoms in total. The minimum atomic E-state index is -0.420. The molecule has 1 aromatic heterocycles. The first-order valence-corrected chi connectivity index (χ1v) is 10.0. The summed E-state index contributed by atoms with van der Waals surface area (Å²) >= 11 is 0. The minimum absolute atomic E-state index is 0.0253. The highest BCUT2D eigenvalue weighted by Crippen LogP contribution is 2.27. The fourth-order valence-corrected chi connectivity index (χ4v) is 3.42. The van der Waals surface area contributed by atoms with Crippen molar-refractivity contribution in [2.45, 2.75) is 25.4 Å². The molecule has 166 valence electrons. The van der Waals surface area contributed by atoms with Gasteiger partial charge in [-0.25, -0.2) is 9.18 Å². The molecule has 0 saturated carbocycles. The van der Waals surface area contributed by atoms with E-state index in [0.29, 0.717) is 30.4 Å². The van der Waals surface area contributed by atoms with Crippen LogP contribution >= 0.6 is 0 Å². The predicted molar refractivity (Wildman–Crippen MR) is 112 cm³/mol. The summed E-state index contributed by atoms with van der Waals surface area (Å²) in [5, 5.41) is 9.31. The number of carbonyl (C=O) groups is 2. The van der Waals surface area contributed by atoms with E-state index in [1.54, 1.807) is 48.4 Å². The van der Waals surface area contributed by atoms with E-state index in [0.717, 1.165) is 5.56 Å². The molecule has 1 saturated heterocycles. The van der Waals surface area contributed by atoms with Crippen LogP contribution in [0.1, 0.15) is 29.6 Å². The fourth-order valence-electron chi connectivity index (χ4n) is 3.42. The van der Waals surface area contributed by atoms with Gasteiger partial charge >= 0.3 is 6.03 Å². The number of aromatic nitrogens is 2. The lowest BCUT2D eigenvalue weighted by Crippen LogP contribution is -2.28. The van der Waals surface area contributed by atoms with Crippen molar-refractivity contribution in [3.8, 4) is 5.75 Å². The van der Waals surface area contributed by atoms with Gasteiger partial charge in [-0.2, -0.15) is 4.98 Å². The third-order valence-electron chi connectivity index (χ3n) is 5.10. The van der Waals surface area contributed by atoms with Gasteiger partial charge < -0.3 is 24.8 Å². The molecule has 2 aromatic carbocycles. The summed E-state index contributed by atoms with van der Waals surface area (Å²) in [7, 11) is 1.57. The molecule has 4 rings (SSSR count). The van der Waals surface area contributed by atoms with E-state index in [9.17, 15) is 14.0 Å². The number of anilines is 1. The van der Waals surface area contributed by atoms with Crippen molar-refractivity contribution in [3.05, 3.63) is 71.6 Å². The number of nitrogens with zero attached hydrogens (tertiary/aromatic N) is 3. The van der Waals surface area contributed by atoms with Gasteiger partial charge in [0.1, 0.15) is 11.6 Å². The molecule has 10 heteroatoms. The lowest BCUT2D eigenvalue weighted by atomic mass is 10.1. The fraction of sp³-hybridized carbons (Fsp3) is 0.273. The number of rotatable bonds is 7. The SMILES string of the molecule is COc1ccc(NC(=O)NCc2nc([C@@H]3CC(=O)N(Cc4ccc(F)cc4)C3)no2)cc1. The Balaban J connectivity index is 1.28. The molecule has 1 atom stereocenters. The van der Waals surface area contributed by atoms with Gasteiger partial charge in [0.05, 0.1) is 13.7 Å². The van der Waals surface area contributed by atoms with Crippen LogP contribution in [0.2, 0.25) is 0 Å². The number of likely N-dealkylation sites (tertiary alicyclic amines) is 1. The van der Waals surface area contributed by atoms with Crippen molar-refractivity contribution >= 4 is 17.6 Å². The highest BCUT2D eigenvalue weighted by atomic mass is 19.1. The minimum Gasteiger partial charge on any atom is -0.497 e. The lowest BCUT2D eigenvalue weighted by molar-refractivity contribution is -0.128. The maximum absolute atomic E-state index is 13.1. The number of ether oxygens (including phenoxy) is 1. The van der Waals surface area contributed by atoms with Crippen molar-refractivity contribution in [3.63, 3.8) is 0 Å². The molecule has 3 aromatic rings. The molecule has 0 radical (unpaired) electrons. The molecule has 3 amide bonds. The van der Waals surface area contributed by atoms with Gasteiger partial charge in [-0.3, -0.25) is 4.79 Å². The molecular formula is C22H22FN5O4. The van der Waals surface area contributed by atoms with Gasteiger partial charge in [-0.05, 0) is 42.0 Å². The van der Waals surface area contributed by atoms with E-state index in [1.165, 1.54) is 12.1 Å². The van der Waals surface area contributed by atoms with E-state index in [-0.39, 0.29) is 36.5 Å². The maximum Gasteiger partial charge on any atom is 0.319 e. The zero-order valence-corrected chi connectivity index (χ0v) is 17.4. The summed E-state index contributed by atoms with van der Waals surface area (Å²) in [5.74, 6) is 0.818. The number of methoxy groups -OCH3 is 1. The maximum atomic E-state index is 13.1. The normalized spacial score (nSPS) is 15.6. The average Bonchev–Trinajstić information content (AvgIpc) is 3.41. The topological polar surface area (TPSA) is 110 Å².